The fourth-order valence-electron chi connectivity index (χ4n) is 4.61. The fourth-order valence-corrected chi connectivity index (χ4v) is 4.61. The summed E-state index contributed by atoms with van der Waals surface area (Å²) in [6, 6.07) is 3.82. The van der Waals surface area contributed by atoms with Gasteiger partial charge in [-0.1, -0.05) is 0 Å². The van der Waals surface area contributed by atoms with Crippen LogP contribution in [-0.2, 0) is 11.3 Å². The molecule has 0 saturated heterocycles. The van der Waals surface area contributed by atoms with Crippen LogP contribution in [0.15, 0.2) is 30.7 Å². The standard InChI is InChI=1S/C23H25F4N7O/c1-13-30-22-18(33(13)11-20(24)25)8-14(9-28-22)17-6-7-34-19(17)10-29-23(32-34)31-15-2-4-16(5-3-15)35-12-21(26)27/h6-10,15-16,20-21H,2-5,11-12H2,1H3,(H,31,32). The highest BCUT2D eigenvalue weighted by atomic mass is 19.3. The second kappa shape index (κ2) is 9.76. The van der Waals surface area contributed by atoms with Gasteiger partial charge in [-0.05, 0) is 44.7 Å². The van der Waals surface area contributed by atoms with Gasteiger partial charge in [0.05, 0.1) is 29.9 Å². The Morgan fingerprint density at radius 1 is 1.06 bits per heavy atom. The Labute approximate surface area is 198 Å². The predicted octanol–water partition coefficient (Wildman–Crippen LogP) is 4.72. The SMILES string of the molecule is Cc1nc2ncc(-c3ccn4nc(NC5CCC(OCC(F)F)CC5)ncc34)cc2n1CC(F)F. The van der Waals surface area contributed by atoms with E-state index in [1.807, 2.05) is 6.07 Å². The van der Waals surface area contributed by atoms with Crippen molar-refractivity contribution >= 4 is 22.6 Å². The van der Waals surface area contributed by atoms with E-state index in [1.165, 1.54) is 4.57 Å². The van der Waals surface area contributed by atoms with Crippen molar-refractivity contribution in [3.63, 3.8) is 0 Å². The van der Waals surface area contributed by atoms with Gasteiger partial charge in [-0.25, -0.2) is 37.0 Å². The summed E-state index contributed by atoms with van der Waals surface area (Å²) in [5, 5.41) is 7.86. The molecular weight excluding hydrogens is 466 g/mol. The minimum atomic E-state index is -2.50. The highest BCUT2D eigenvalue weighted by molar-refractivity contribution is 5.85. The largest absolute Gasteiger partial charge is 0.372 e. The number of aryl methyl sites for hydroxylation is 1. The van der Waals surface area contributed by atoms with Crippen LogP contribution in [0.5, 0.6) is 0 Å². The molecule has 12 heteroatoms. The molecule has 0 amide bonds. The molecular formula is C23H25F4N7O. The van der Waals surface area contributed by atoms with Crippen molar-refractivity contribution in [1.82, 2.24) is 29.1 Å². The second-order valence-electron chi connectivity index (χ2n) is 8.71. The van der Waals surface area contributed by atoms with Gasteiger partial charge in [-0.3, -0.25) is 0 Å². The Balaban J connectivity index is 1.32. The van der Waals surface area contributed by atoms with Gasteiger partial charge < -0.3 is 14.6 Å². The van der Waals surface area contributed by atoms with Crippen LogP contribution in [-0.4, -0.2) is 60.7 Å². The predicted molar refractivity (Wildman–Crippen MR) is 122 cm³/mol. The van der Waals surface area contributed by atoms with E-state index < -0.39 is 26.0 Å². The summed E-state index contributed by atoms with van der Waals surface area (Å²) in [6.07, 6.45) is 3.07. The normalized spacial score (nSPS) is 18.8. The lowest BCUT2D eigenvalue weighted by Crippen LogP contribution is -2.31. The first-order valence-corrected chi connectivity index (χ1v) is 11.5. The number of imidazole rings is 1. The number of hydrogen-bond donors (Lipinski definition) is 1. The molecule has 0 aliphatic heterocycles. The first-order valence-electron chi connectivity index (χ1n) is 11.5. The molecule has 0 atom stereocenters. The van der Waals surface area contributed by atoms with Crippen LogP contribution >= 0.6 is 0 Å². The maximum atomic E-state index is 13.0. The Hall–Kier alpha value is -3.28. The molecule has 0 spiro atoms. The van der Waals surface area contributed by atoms with Crippen molar-refractivity contribution in [3.05, 3.63) is 36.5 Å². The third kappa shape index (κ3) is 5.07. The number of alkyl halides is 4. The van der Waals surface area contributed by atoms with Crippen molar-refractivity contribution < 1.29 is 22.3 Å². The molecule has 4 aromatic heterocycles. The minimum Gasteiger partial charge on any atom is -0.372 e. The quantitative estimate of drug-likeness (QED) is 0.359. The summed E-state index contributed by atoms with van der Waals surface area (Å²) in [7, 11) is 0. The molecule has 186 valence electrons. The summed E-state index contributed by atoms with van der Waals surface area (Å²) in [4.78, 5) is 13.1. The molecule has 1 aliphatic carbocycles. The lowest BCUT2D eigenvalue weighted by atomic mass is 9.93. The Morgan fingerprint density at radius 3 is 2.60 bits per heavy atom. The van der Waals surface area contributed by atoms with Gasteiger partial charge in [0.15, 0.2) is 5.65 Å². The number of ether oxygens (including phenoxy) is 1. The molecule has 0 unspecified atom stereocenters. The number of pyridine rings is 1. The molecule has 0 radical (unpaired) electrons. The molecule has 0 aromatic carbocycles. The molecule has 1 fully saturated rings. The Bertz CT molecular complexity index is 1310. The lowest BCUT2D eigenvalue weighted by molar-refractivity contribution is -0.0374. The third-order valence-corrected chi connectivity index (χ3v) is 6.31. The summed E-state index contributed by atoms with van der Waals surface area (Å²) < 4.78 is 59.2. The zero-order valence-corrected chi connectivity index (χ0v) is 19.0. The Kier molecular flexibility index (Phi) is 6.54. The summed E-state index contributed by atoms with van der Waals surface area (Å²) in [5.41, 5.74) is 3.30. The van der Waals surface area contributed by atoms with Crippen LogP contribution in [0.1, 0.15) is 31.5 Å². The van der Waals surface area contributed by atoms with E-state index in [-0.39, 0.29) is 12.1 Å². The van der Waals surface area contributed by atoms with Crippen LogP contribution in [0.25, 0.3) is 27.8 Å². The van der Waals surface area contributed by atoms with Crippen LogP contribution in [0.3, 0.4) is 0 Å². The number of anilines is 1. The number of hydrogen-bond acceptors (Lipinski definition) is 6. The summed E-state index contributed by atoms with van der Waals surface area (Å²) in [5.74, 6) is 0.955. The van der Waals surface area contributed by atoms with Gasteiger partial charge in [0.25, 0.3) is 12.9 Å². The van der Waals surface area contributed by atoms with Gasteiger partial charge in [0.1, 0.15) is 12.4 Å². The maximum absolute atomic E-state index is 13.0. The minimum absolute atomic E-state index is 0.135. The topological polar surface area (TPSA) is 82.2 Å². The second-order valence-corrected chi connectivity index (χ2v) is 8.71. The van der Waals surface area contributed by atoms with E-state index in [1.54, 1.807) is 36.1 Å². The number of aromatic nitrogens is 6. The molecule has 8 nitrogen and oxygen atoms in total. The van der Waals surface area contributed by atoms with Crippen molar-refractivity contribution in [2.45, 2.75) is 64.1 Å². The maximum Gasteiger partial charge on any atom is 0.261 e. The number of halogens is 4. The molecule has 4 aromatic rings. The molecule has 1 saturated carbocycles. The van der Waals surface area contributed by atoms with Crippen molar-refractivity contribution in [2.75, 3.05) is 11.9 Å². The van der Waals surface area contributed by atoms with E-state index in [4.69, 9.17) is 4.74 Å². The monoisotopic (exact) mass is 491 g/mol. The number of rotatable bonds is 8. The highest BCUT2D eigenvalue weighted by Crippen LogP contribution is 2.29. The van der Waals surface area contributed by atoms with Crippen molar-refractivity contribution in [2.24, 2.45) is 0 Å². The number of nitrogens with zero attached hydrogens (tertiary/aromatic N) is 6. The zero-order valence-electron chi connectivity index (χ0n) is 19.0. The van der Waals surface area contributed by atoms with E-state index in [9.17, 15) is 17.6 Å². The van der Waals surface area contributed by atoms with Crippen LogP contribution in [0.4, 0.5) is 23.5 Å². The van der Waals surface area contributed by atoms with Crippen molar-refractivity contribution in [1.29, 1.82) is 0 Å². The highest BCUT2D eigenvalue weighted by Gasteiger charge is 2.23. The van der Waals surface area contributed by atoms with Crippen LogP contribution < -0.4 is 5.32 Å². The van der Waals surface area contributed by atoms with Gasteiger partial charge in [0, 0.05) is 29.6 Å². The smallest absolute Gasteiger partial charge is 0.261 e. The fraction of sp³-hybridized carbons (Fsp3) is 0.478. The van der Waals surface area contributed by atoms with Gasteiger partial charge in [-0.2, -0.15) is 0 Å². The first-order chi connectivity index (χ1) is 16.9. The summed E-state index contributed by atoms with van der Waals surface area (Å²) in [6.45, 7) is 0.723. The van der Waals surface area contributed by atoms with E-state index >= 15 is 0 Å². The Morgan fingerprint density at radius 2 is 1.86 bits per heavy atom. The number of fused-ring (bicyclic) bond motifs is 2. The van der Waals surface area contributed by atoms with Crippen molar-refractivity contribution in [3.8, 4) is 11.1 Å². The van der Waals surface area contributed by atoms with Gasteiger partial charge >= 0.3 is 0 Å². The average Bonchev–Trinajstić information content (AvgIpc) is 3.38. The molecule has 35 heavy (non-hydrogen) atoms. The summed E-state index contributed by atoms with van der Waals surface area (Å²) >= 11 is 0. The third-order valence-electron chi connectivity index (χ3n) is 6.31. The molecule has 4 heterocycles. The first kappa shape index (κ1) is 23.5. The average molecular weight is 491 g/mol. The van der Waals surface area contributed by atoms with Gasteiger partial charge in [-0.15, -0.1) is 5.10 Å². The lowest BCUT2D eigenvalue weighted by Gasteiger charge is -2.29. The molecule has 5 rings (SSSR count). The van der Waals surface area contributed by atoms with E-state index in [0.717, 1.165) is 29.5 Å². The van der Waals surface area contributed by atoms with Crippen LogP contribution in [0.2, 0.25) is 0 Å². The zero-order chi connectivity index (χ0) is 24.5. The van der Waals surface area contributed by atoms with Crippen LogP contribution in [0, 0.1) is 6.92 Å². The molecule has 1 N–H and O–H groups in total. The molecule has 0 bridgehead atoms. The molecule has 1 aliphatic rings. The van der Waals surface area contributed by atoms with E-state index in [2.05, 4.69) is 25.4 Å². The van der Waals surface area contributed by atoms with E-state index in [0.29, 0.717) is 35.8 Å². The van der Waals surface area contributed by atoms with Gasteiger partial charge in [0.2, 0.25) is 5.95 Å². The number of nitrogens with one attached hydrogen (secondary N) is 1.